The third-order valence-corrected chi connectivity index (χ3v) is 4.95. The van der Waals surface area contributed by atoms with Crippen molar-refractivity contribution in [2.45, 2.75) is 19.9 Å². The van der Waals surface area contributed by atoms with Gasteiger partial charge in [-0.25, -0.2) is 0 Å². The van der Waals surface area contributed by atoms with Crippen LogP contribution in [-0.2, 0) is 13.0 Å². The minimum Gasteiger partial charge on any atom is -0.493 e. The number of ether oxygens (including phenoxy) is 2. The lowest BCUT2D eigenvalue weighted by molar-refractivity contribution is 0.0739. The van der Waals surface area contributed by atoms with Gasteiger partial charge < -0.3 is 14.4 Å². The largest absolute Gasteiger partial charge is 0.493 e. The lowest BCUT2D eigenvalue weighted by atomic mass is 9.98. The zero-order chi connectivity index (χ0) is 15.7. The average molecular weight is 317 g/mol. The van der Waals surface area contributed by atoms with Crippen LogP contribution in [0.1, 0.15) is 25.7 Å². The number of nitrogens with zero attached hydrogens (tertiary/aromatic N) is 1. The first-order chi connectivity index (χ1) is 10.6. The van der Waals surface area contributed by atoms with Crippen molar-refractivity contribution >= 4 is 17.2 Å². The molecule has 1 aliphatic heterocycles. The van der Waals surface area contributed by atoms with E-state index in [1.54, 1.807) is 25.6 Å². The summed E-state index contributed by atoms with van der Waals surface area (Å²) in [6, 6.07) is 7.90. The van der Waals surface area contributed by atoms with E-state index in [0.717, 1.165) is 34.0 Å². The summed E-state index contributed by atoms with van der Waals surface area (Å²) in [6.07, 6.45) is 0.839. The molecule has 0 fully saturated rings. The lowest BCUT2D eigenvalue weighted by Crippen LogP contribution is -2.35. The number of benzene rings is 1. The molecular weight excluding hydrogens is 298 g/mol. The number of amides is 1. The van der Waals surface area contributed by atoms with Crippen LogP contribution in [0.25, 0.3) is 0 Å². The van der Waals surface area contributed by atoms with Crippen molar-refractivity contribution < 1.29 is 14.3 Å². The highest BCUT2D eigenvalue weighted by molar-refractivity contribution is 7.13. The summed E-state index contributed by atoms with van der Waals surface area (Å²) in [5.74, 6) is 1.57. The van der Waals surface area contributed by atoms with Crippen LogP contribution in [0, 0.1) is 6.92 Å². The first-order valence-corrected chi connectivity index (χ1v) is 8.03. The topological polar surface area (TPSA) is 38.8 Å². The molecule has 0 radical (unpaired) electrons. The maximum absolute atomic E-state index is 12.6. The smallest absolute Gasteiger partial charge is 0.264 e. The Morgan fingerprint density at radius 2 is 1.82 bits per heavy atom. The number of aryl methyl sites for hydroxylation is 1. The molecule has 0 aliphatic carbocycles. The number of thiophene rings is 1. The number of carbonyl (C=O) groups excluding carboxylic acids is 1. The van der Waals surface area contributed by atoms with E-state index in [2.05, 4.69) is 0 Å². The van der Waals surface area contributed by atoms with E-state index in [0.29, 0.717) is 12.3 Å². The van der Waals surface area contributed by atoms with Crippen molar-refractivity contribution in [2.24, 2.45) is 0 Å². The Morgan fingerprint density at radius 1 is 1.14 bits per heavy atom. The highest BCUT2D eigenvalue weighted by atomic mass is 32.1. The highest BCUT2D eigenvalue weighted by Crippen LogP contribution is 2.33. The minimum atomic E-state index is 0.110. The first-order valence-electron chi connectivity index (χ1n) is 7.22. The molecule has 5 heteroatoms. The van der Waals surface area contributed by atoms with Gasteiger partial charge in [-0.2, -0.15) is 0 Å². The molecule has 0 saturated heterocycles. The Hall–Kier alpha value is -2.01. The van der Waals surface area contributed by atoms with Gasteiger partial charge in [0.15, 0.2) is 11.5 Å². The van der Waals surface area contributed by atoms with Crippen LogP contribution in [0.3, 0.4) is 0 Å². The van der Waals surface area contributed by atoms with Crippen LogP contribution in [0.2, 0.25) is 0 Å². The van der Waals surface area contributed by atoms with Crippen LogP contribution in [0.15, 0.2) is 24.3 Å². The highest BCUT2D eigenvalue weighted by Gasteiger charge is 2.24. The molecule has 0 saturated carbocycles. The summed E-state index contributed by atoms with van der Waals surface area (Å²) >= 11 is 1.55. The molecule has 116 valence electrons. The molecule has 2 aromatic rings. The standard InChI is InChI=1S/C17H19NO3S/c1-11-4-5-16(22-11)17(19)18-7-6-12-8-14(20-2)15(21-3)9-13(12)10-18/h4-5,8-9H,6-7,10H2,1-3H3. The molecule has 1 amide bonds. The molecule has 0 N–H and O–H groups in total. The Morgan fingerprint density at radius 3 is 2.41 bits per heavy atom. The van der Waals surface area contributed by atoms with Crippen LogP contribution in [-0.4, -0.2) is 31.6 Å². The predicted octanol–water partition coefficient (Wildman–Crippen LogP) is 3.27. The van der Waals surface area contributed by atoms with E-state index < -0.39 is 0 Å². The van der Waals surface area contributed by atoms with Crippen molar-refractivity contribution in [1.29, 1.82) is 0 Å². The fraction of sp³-hybridized carbons (Fsp3) is 0.353. The van der Waals surface area contributed by atoms with Gasteiger partial charge in [0, 0.05) is 18.0 Å². The Kier molecular flexibility index (Phi) is 4.07. The zero-order valence-electron chi connectivity index (χ0n) is 13.0. The van der Waals surface area contributed by atoms with E-state index in [-0.39, 0.29) is 5.91 Å². The molecule has 0 spiro atoms. The van der Waals surface area contributed by atoms with E-state index >= 15 is 0 Å². The lowest BCUT2D eigenvalue weighted by Gasteiger charge is -2.29. The number of fused-ring (bicyclic) bond motifs is 1. The van der Waals surface area contributed by atoms with Crippen LogP contribution >= 0.6 is 11.3 Å². The van der Waals surface area contributed by atoms with Gasteiger partial charge in [0.25, 0.3) is 5.91 Å². The summed E-state index contributed by atoms with van der Waals surface area (Å²) in [5, 5.41) is 0. The minimum absolute atomic E-state index is 0.110. The van der Waals surface area contributed by atoms with Crippen LogP contribution < -0.4 is 9.47 Å². The van der Waals surface area contributed by atoms with Gasteiger partial charge in [0.2, 0.25) is 0 Å². The van der Waals surface area contributed by atoms with Gasteiger partial charge >= 0.3 is 0 Å². The summed E-state index contributed by atoms with van der Waals surface area (Å²) in [4.78, 5) is 16.4. The van der Waals surface area contributed by atoms with E-state index in [4.69, 9.17) is 9.47 Å². The van der Waals surface area contributed by atoms with Gasteiger partial charge in [0.1, 0.15) is 0 Å². The maximum Gasteiger partial charge on any atom is 0.264 e. The zero-order valence-corrected chi connectivity index (χ0v) is 13.8. The quantitative estimate of drug-likeness (QED) is 0.872. The Balaban J connectivity index is 1.85. The van der Waals surface area contributed by atoms with Gasteiger partial charge in [-0.1, -0.05) is 0 Å². The fourth-order valence-corrected chi connectivity index (χ4v) is 3.60. The summed E-state index contributed by atoms with van der Waals surface area (Å²) < 4.78 is 10.7. The molecule has 22 heavy (non-hydrogen) atoms. The Labute approximate surface area is 134 Å². The summed E-state index contributed by atoms with van der Waals surface area (Å²) in [6.45, 7) is 3.37. The fourth-order valence-electron chi connectivity index (χ4n) is 2.76. The molecule has 0 atom stereocenters. The monoisotopic (exact) mass is 317 g/mol. The second-order valence-corrected chi connectivity index (χ2v) is 6.65. The van der Waals surface area contributed by atoms with E-state index in [9.17, 15) is 4.79 Å². The SMILES string of the molecule is COc1cc2c(cc1OC)CN(C(=O)c1ccc(C)s1)CC2. The molecular formula is C17H19NO3S. The molecule has 0 bridgehead atoms. The van der Waals surface area contributed by atoms with Gasteiger partial charge in [0.05, 0.1) is 19.1 Å². The molecule has 1 aromatic carbocycles. The second kappa shape index (κ2) is 6.01. The number of hydrogen-bond acceptors (Lipinski definition) is 4. The summed E-state index contributed by atoms with van der Waals surface area (Å²) in [7, 11) is 3.27. The van der Waals surface area contributed by atoms with Crippen molar-refractivity contribution in [2.75, 3.05) is 20.8 Å². The maximum atomic E-state index is 12.6. The second-order valence-electron chi connectivity index (χ2n) is 5.36. The van der Waals surface area contributed by atoms with E-state index in [1.165, 1.54) is 5.56 Å². The van der Waals surface area contributed by atoms with Crippen molar-refractivity contribution in [1.82, 2.24) is 4.90 Å². The van der Waals surface area contributed by atoms with Crippen molar-refractivity contribution in [3.8, 4) is 11.5 Å². The summed E-state index contributed by atoms with van der Waals surface area (Å²) in [5.41, 5.74) is 2.36. The number of rotatable bonds is 3. The van der Waals surface area contributed by atoms with Gasteiger partial charge in [-0.3, -0.25) is 4.79 Å². The number of hydrogen-bond donors (Lipinski definition) is 0. The number of methoxy groups -OCH3 is 2. The van der Waals surface area contributed by atoms with Crippen LogP contribution in [0.5, 0.6) is 11.5 Å². The molecule has 0 unspecified atom stereocenters. The van der Waals surface area contributed by atoms with Crippen LogP contribution in [0.4, 0.5) is 0 Å². The molecule has 4 nitrogen and oxygen atoms in total. The molecule has 2 heterocycles. The average Bonchev–Trinajstić information content (AvgIpc) is 2.98. The van der Waals surface area contributed by atoms with Crippen molar-refractivity contribution in [3.05, 3.63) is 45.1 Å². The van der Waals surface area contributed by atoms with Gasteiger partial charge in [-0.05, 0) is 48.7 Å². The van der Waals surface area contributed by atoms with Crippen molar-refractivity contribution in [3.63, 3.8) is 0 Å². The molecule has 3 rings (SSSR count). The predicted molar refractivity (Wildman–Crippen MR) is 87.0 cm³/mol. The number of carbonyl (C=O) groups is 1. The normalized spacial score (nSPS) is 13.7. The Bertz CT molecular complexity index is 708. The van der Waals surface area contributed by atoms with E-state index in [1.807, 2.05) is 36.1 Å². The molecule has 1 aromatic heterocycles. The third kappa shape index (κ3) is 2.68. The third-order valence-electron chi connectivity index (χ3n) is 3.96. The molecule has 1 aliphatic rings. The van der Waals surface area contributed by atoms with Gasteiger partial charge in [-0.15, -0.1) is 11.3 Å². The first kappa shape index (κ1) is 14.9.